The number of thioether (sulfide) groups is 1. The molecule has 37 heavy (non-hydrogen) atoms. The Labute approximate surface area is 223 Å². The van der Waals surface area contributed by atoms with Gasteiger partial charge in [-0.05, 0) is 53.7 Å². The van der Waals surface area contributed by atoms with Gasteiger partial charge in [-0.25, -0.2) is 0 Å². The Morgan fingerprint density at radius 3 is 2.41 bits per heavy atom. The van der Waals surface area contributed by atoms with Gasteiger partial charge < -0.3 is 19.5 Å². The molecular formula is C27H23ClN2O6S. The largest absolute Gasteiger partial charge is 0.495 e. The van der Waals surface area contributed by atoms with E-state index in [1.807, 2.05) is 12.1 Å². The number of halogens is 1. The number of para-hydroxylation sites is 3. The lowest BCUT2D eigenvalue weighted by Crippen LogP contribution is -2.36. The molecule has 0 aromatic heterocycles. The monoisotopic (exact) mass is 538 g/mol. The summed E-state index contributed by atoms with van der Waals surface area (Å²) in [4.78, 5) is 39.3. The Kier molecular flexibility index (Phi) is 8.37. The van der Waals surface area contributed by atoms with Crippen molar-refractivity contribution in [3.8, 4) is 17.2 Å². The Morgan fingerprint density at radius 2 is 1.68 bits per heavy atom. The number of benzene rings is 3. The molecule has 3 aromatic rings. The van der Waals surface area contributed by atoms with Crippen LogP contribution in [0.25, 0.3) is 6.08 Å². The second-order valence-electron chi connectivity index (χ2n) is 7.81. The van der Waals surface area contributed by atoms with Crippen LogP contribution >= 0.6 is 23.4 Å². The number of anilines is 1. The molecule has 10 heteroatoms. The van der Waals surface area contributed by atoms with Gasteiger partial charge in [0.25, 0.3) is 11.1 Å². The number of carbonyl (C=O) groups is 3. The van der Waals surface area contributed by atoms with E-state index in [9.17, 15) is 14.4 Å². The highest BCUT2D eigenvalue weighted by molar-refractivity contribution is 8.18. The van der Waals surface area contributed by atoms with Crippen molar-refractivity contribution in [3.05, 3.63) is 87.8 Å². The molecule has 0 bridgehead atoms. The Hall–Kier alpha value is -3.95. The number of hydrogen-bond donors (Lipinski definition) is 1. The van der Waals surface area contributed by atoms with Gasteiger partial charge >= 0.3 is 0 Å². The van der Waals surface area contributed by atoms with E-state index in [1.54, 1.807) is 60.7 Å². The molecule has 0 unspecified atom stereocenters. The average Bonchev–Trinajstić information content (AvgIpc) is 3.16. The molecule has 1 fully saturated rings. The number of rotatable bonds is 9. The second-order valence-corrected chi connectivity index (χ2v) is 9.24. The fourth-order valence-electron chi connectivity index (χ4n) is 3.56. The molecule has 0 spiro atoms. The summed E-state index contributed by atoms with van der Waals surface area (Å²) in [6, 6.07) is 19.3. The molecule has 1 saturated heterocycles. The van der Waals surface area contributed by atoms with Gasteiger partial charge in [0, 0.05) is 10.6 Å². The van der Waals surface area contributed by atoms with Crippen molar-refractivity contribution in [1.29, 1.82) is 0 Å². The quantitative estimate of drug-likeness (QED) is 0.354. The Morgan fingerprint density at radius 1 is 0.973 bits per heavy atom. The lowest BCUT2D eigenvalue weighted by Gasteiger charge is -2.14. The van der Waals surface area contributed by atoms with Crippen LogP contribution in [-0.4, -0.2) is 42.7 Å². The third kappa shape index (κ3) is 6.25. The van der Waals surface area contributed by atoms with E-state index in [1.165, 1.54) is 14.2 Å². The number of carbonyl (C=O) groups excluding carboxylic acids is 3. The van der Waals surface area contributed by atoms with E-state index >= 15 is 0 Å². The SMILES string of the molecule is COc1ccccc1NC(=O)CN1C(=O)S/C(=C/c2cccc(OC)c2OCc2ccc(Cl)cc2)C1=O. The molecule has 4 rings (SSSR count). The lowest BCUT2D eigenvalue weighted by atomic mass is 10.1. The molecule has 0 saturated carbocycles. The van der Waals surface area contributed by atoms with Gasteiger partial charge in [-0.2, -0.15) is 0 Å². The average molecular weight is 539 g/mol. The normalized spacial score (nSPS) is 14.1. The van der Waals surface area contributed by atoms with Crippen molar-refractivity contribution in [1.82, 2.24) is 4.90 Å². The molecule has 3 aromatic carbocycles. The molecule has 0 radical (unpaired) electrons. The van der Waals surface area contributed by atoms with Crippen LogP contribution in [0.3, 0.4) is 0 Å². The van der Waals surface area contributed by atoms with Crippen LogP contribution in [0, 0.1) is 0 Å². The molecule has 1 N–H and O–H groups in total. The first-order valence-electron chi connectivity index (χ1n) is 11.1. The fourth-order valence-corrected chi connectivity index (χ4v) is 4.51. The third-order valence-electron chi connectivity index (χ3n) is 5.37. The number of imide groups is 1. The highest BCUT2D eigenvalue weighted by atomic mass is 35.5. The summed E-state index contributed by atoms with van der Waals surface area (Å²) in [5, 5.41) is 2.75. The molecule has 1 aliphatic rings. The third-order valence-corrected chi connectivity index (χ3v) is 6.53. The maximum absolute atomic E-state index is 13.0. The van der Waals surface area contributed by atoms with E-state index in [-0.39, 0.29) is 11.5 Å². The number of ether oxygens (including phenoxy) is 3. The zero-order valence-corrected chi connectivity index (χ0v) is 21.6. The van der Waals surface area contributed by atoms with E-state index in [0.717, 1.165) is 22.2 Å². The van der Waals surface area contributed by atoms with Crippen molar-refractivity contribution < 1.29 is 28.6 Å². The second kappa shape index (κ2) is 11.9. The highest BCUT2D eigenvalue weighted by Gasteiger charge is 2.36. The molecule has 0 atom stereocenters. The number of methoxy groups -OCH3 is 2. The predicted molar refractivity (Wildman–Crippen MR) is 143 cm³/mol. The molecule has 8 nitrogen and oxygen atoms in total. The van der Waals surface area contributed by atoms with Crippen LogP contribution in [-0.2, 0) is 16.2 Å². The first kappa shape index (κ1) is 26.1. The van der Waals surface area contributed by atoms with Crippen LogP contribution in [0.2, 0.25) is 5.02 Å². The van der Waals surface area contributed by atoms with E-state index < -0.39 is 23.6 Å². The van der Waals surface area contributed by atoms with Gasteiger partial charge in [0.15, 0.2) is 11.5 Å². The van der Waals surface area contributed by atoms with Crippen molar-refractivity contribution in [3.63, 3.8) is 0 Å². The Bertz CT molecular complexity index is 1360. The molecule has 0 aliphatic carbocycles. The number of nitrogens with one attached hydrogen (secondary N) is 1. The van der Waals surface area contributed by atoms with Crippen molar-refractivity contribution in [2.24, 2.45) is 0 Å². The first-order valence-corrected chi connectivity index (χ1v) is 12.3. The molecule has 1 aliphatic heterocycles. The zero-order chi connectivity index (χ0) is 26.4. The summed E-state index contributed by atoms with van der Waals surface area (Å²) in [5.41, 5.74) is 1.89. The highest BCUT2D eigenvalue weighted by Crippen LogP contribution is 2.38. The van der Waals surface area contributed by atoms with E-state index in [2.05, 4.69) is 5.32 Å². The summed E-state index contributed by atoms with van der Waals surface area (Å²) in [6.45, 7) is -0.193. The van der Waals surface area contributed by atoms with Crippen LogP contribution in [0.5, 0.6) is 17.2 Å². The number of nitrogens with zero attached hydrogens (tertiary/aromatic N) is 1. The minimum atomic E-state index is -0.573. The van der Waals surface area contributed by atoms with Crippen LogP contribution < -0.4 is 19.5 Å². The maximum Gasteiger partial charge on any atom is 0.294 e. The minimum absolute atomic E-state index is 0.166. The van der Waals surface area contributed by atoms with Gasteiger partial charge in [-0.3, -0.25) is 19.3 Å². The zero-order valence-electron chi connectivity index (χ0n) is 20.0. The van der Waals surface area contributed by atoms with Gasteiger partial charge in [0.2, 0.25) is 5.91 Å². The van der Waals surface area contributed by atoms with Crippen LogP contribution in [0.4, 0.5) is 10.5 Å². The minimum Gasteiger partial charge on any atom is -0.495 e. The van der Waals surface area contributed by atoms with Crippen molar-refractivity contribution in [2.75, 3.05) is 26.1 Å². The maximum atomic E-state index is 13.0. The first-order chi connectivity index (χ1) is 17.9. The van der Waals surface area contributed by atoms with Crippen LogP contribution in [0.15, 0.2) is 71.6 Å². The van der Waals surface area contributed by atoms with E-state index in [0.29, 0.717) is 33.5 Å². The van der Waals surface area contributed by atoms with Crippen molar-refractivity contribution >= 4 is 52.2 Å². The van der Waals surface area contributed by atoms with Gasteiger partial charge in [-0.1, -0.05) is 48.0 Å². The molecule has 1 heterocycles. The molecule has 190 valence electrons. The summed E-state index contributed by atoms with van der Waals surface area (Å²) < 4.78 is 16.7. The molecular weight excluding hydrogens is 516 g/mol. The lowest BCUT2D eigenvalue weighted by molar-refractivity contribution is -0.127. The summed E-state index contributed by atoms with van der Waals surface area (Å²) >= 11 is 6.71. The predicted octanol–water partition coefficient (Wildman–Crippen LogP) is 5.61. The van der Waals surface area contributed by atoms with Gasteiger partial charge in [0.05, 0.1) is 24.8 Å². The topological polar surface area (TPSA) is 94.2 Å². The van der Waals surface area contributed by atoms with Gasteiger partial charge in [-0.15, -0.1) is 0 Å². The van der Waals surface area contributed by atoms with Gasteiger partial charge in [0.1, 0.15) is 18.9 Å². The van der Waals surface area contributed by atoms with Crippen molar-refractivity contribution in [2.45, 2.75) is 6.61 Å². The standard InChI is InChI=1S/C27H23ClN2O6S/c1-34-21-8-4-3-7-20(21)29-24(31)15-30-26(32)23(37-27(30)33)14-18-6-5-9-22(35-2)25(18)36-16-17-10-12-19(28)13-11-17/h3-14H,15-16H2,1-2H3,(H,29,31)/b23-14+. The summed E-state index contributed by atoms with van der Waals surface area (Å²) in [5.74, 6) is 0.255. The number of hydrogen-bond acceptors (Lipinski definition) is 7. The summed E-state index contributed by atoms with van der Waals surface area (Å²) in [7, 11) is 3.00. The fraction of sp³-hybridized carbons (Fsp3) is 0.148. The summed E-state index contributed by atoms with van der Waals surface area (Å²) in [6.07, 6.45) is 1.56. The Balaban J connectivity index is 1.51. The van der Waals surface area contributed by atoms with Crippen LogP contribution in [0.1, 0.15) is 11.1 Å². The smallest absolute Gasteiger partial charge is 0.294 e. The molecule has 3 amide bonds. The van der Waals surface area contributed by atoms with E-state index in [4.69, 9.17) is 25.8 Å². The number of amides is 3.